The summed E-state index contributed by atoms with van der Waals surface area (Å²) >= 11 is 0. The van der Waals surface area contributed by atoms with Crippen LogP contribution >= 0.6 is 0 Å². The number of hydrogen-bond donors (Lipinski definition) is 1. The highest BCUT2D eigenvalue weighted by Gasteiger charge is 2.33. The largest absolute Gasteiger partial charge is 0.481 e. The van der Waals surface area contributed by atoms with Crippen LogP contribution in [0.1, 0.15) is 39.3 Å². The van der Waals surface area contributed by atoms with Gasteiger partial charge in [-0.1, -0.05) is 0 Å². The van der Waals surface area contributed by atoms with Crippen molar-refractivity contribution < 1.29 is 14.3 Å². The van der Waals surface area contributed by atoms with Crippen LogP contribution in [0, 0.1) is 5.82 Å². The molecule has 3 nitrogen and oxygen atoms in total. The van der Waals surface area contributed by atoms with Gasteiger partial charge < -0.3 is 9.67 Å². The summed E-state index contributed by atoms with van der Waals surface area (Å²) in [6, 6.07) is 4.70. The zero-order chi connectivity index (χ0) is 14.4. The lowest BCUT2D eigenvalue weighted by molar-refractivity contribution is -0.142. The molecule has 0 fully saturated rings. The van der Waals surface area contributed by atoms with Crippen LogP contribution in [0.25, 0.3) is 10.9 Å². The van der Waals surface area contributed by atoms with Crippen molar-refractivity contribution in [1.82, 2.24) is 4.57 Å². The second-order valence-corrected chi connectivity index (χ2v) is 5.64. The Labute approximate surface area is 111 Å². The highest BCUT2D eigenvalue weighted by molar-refractivity contribution is 5.92. The number of nitrogens with zero attached hydrogens (tertiary/aromatic N) is 1. The number of carboxylic acids is 1. The molecule has 1 aromatic carbocycles. The summed E-state index contributed by atoms with van der Waals surface area (Å²) in [5.74, 6) is -1.27. The summed E-state index contributed by atoms with van der Waals surface area (Å²) in [5, 5.41) is 10.0. The van der Waals surface area contributed by atoms with E-state index in [0.29, 0.717) is 10.9 Å². The van der Waals surface area contributed by atoms with Crippen LogP contribution in [-0.2, 0) is 10.2 Å². The summed E-state index contributed by atoms with van der Waals surface area (Å²) in [7, 11) is 0. The maximum Gasteiger partial charge on any atom is 0.313 e. The van der Waals surface area contributed by atoms with Crippen LogP contribution in [0.4, 0.5) is 4.39 Å². The number of carbonyl (C=O) groups is 1. The molecule has 2 aromatic rings. The number of benzene rings is 1. The van der Waals surface area contributed by atoms with Crippen LogP contribution < -0.4 is 0 Å². The van der Waals surface area contributed by atoms with E-state index in [1.807, 2.05) is 24.6 Å². The average molecular weight is 263 g/mol. The smallest absolute Gasteiger partial charge is 0.313 e. The maximum atomic E-state index is 13.5. The topological polar surface area (TPSA) is 42.2 Å². The van der Waals surface area contributed by atoms with E-state index in [9.17, 15) is 14.3 Å². The highest BCUT2D eigenvalue weighted by atomic mass is 19.1. The lowest BCUT2D eigenvalue weighted by Crippen LogP contribution is -2.28. The van der Waals surface area contributed by atoms with Crippen LogP contribution in [0.5, 0.6) is 0 Å². The third-order valence-corrected chi connectivity index (χ3v) is 3.56. The van der Waals surface area contributed by atoms with Gasteiger partial charge in [0.05, 0.1) is 5.41 Å². The monoisotopic (exact) mass is 263 g/mol. The molecule has 1 N–H and O–H groups in total. The van der Waals surface area contributed by atoms with Crippen molar-refractivity contribution in [3.05, 3.63) is 35.8 Å². The molecule has 0 aliphatic heterocycles. The molecule has 2 rings (SSSR count). The zero-order valence-corrected chi connectivity index (χ0v) is 11.6. The van der Waals surface area contributed by atoms with Gasteiger partial charge in [0.15, 0.2) is 0 Å². The Morgan fingerprint density at radius 3 is 2.53 bits per heavy atom. The predicted molar refractivity (Wildman–Crippen MR) is 72.9 cm³/mol. The van der Waals surface area contributed by atoms with Crippen LogP contribution in [0.15, 0.2) is 24.4 Å². The molecule has 1 aromatic heterocycles. The van der Waals surface area contributed by atoms with E-state index in [4.69, 9.17) is 0 Å². The van der Waals surface area contributed by atoms with Crippen molar-refractivity contribution in [2.24, 2.45) is 0 Å². The van der Waals surface area contributed by atoms with Gasteiger partial charge >= 0.3 is 5.97 Å². The Bertz CT molecular complexity index is 641. The summed E-state index contributed by atoms with van der Waals surface area (Å²) in [6.07, 6.45) is 1.82. The third-order valence-electron chi connectivity index (χ3n) is 3.56. The average Bonchev–Trinajstić information content (AvgIpc) is 2.67. The Hall–Kier alpha value is -1.84. The fraction of sp³-hybridized carbons (Fsp3) is 0.400. The molecule has 0 saturated carbocycles. The number of fused-ring (bicyclic) bond motifs is 1. The number of hydrogen-bond acceptors (Lipinski definition) is 1. The van der Waals surface area contributed by atoms with Crippen molar-refractivity contribution >= 4 is 16.9 Å². The number of rotatable bonds is 3. The minimum atomic E-state index is -1.05. The van der Waals surface area contributed by atoms with Gasteiger partial charge in [-0.25, -0.2) is 4.39 Å². The van der Waals surface area contributed by atoms with Crippen molar-refractivity contribution in [3.8, 4) is 0 Å². The van der Waals surface area contributed by atoms with E-state index in [-0.39, 0.29) is 11.9 Å². The first-order chi connectivity index (χ1) is 8.75. The molecule has 0 amide bonds. The SMILES string of the molecule is CC(C)n1cc(C(C)(C)C(=O)O)c2cc(F)ccc21. The van der Waals surface area contributed by atoms with Crippen molar-refractivity contribution in [1.29, 1.82) is 0 Å². The van der Waals surface area contributed by atoms with Crippen LogP contribution in [-0.4, -0.2) is 15.6 Å². The van der Waals surface area contributed by atoms with E-state index in [1.165, 1.54) is 12.1 Å². The van der Waals surface area contributed by atoms with E-state index in [0.717, 1.165) is 5.52 Å². The fourth-order valence-electron chi connectivity index (χ4n) is 2.27. The van der Waals surface area contributed by atoms with E-state index >= 15 is 0 Å². The van der Waals surface area contributed by atoms with Crippen molar-refractivity contribution in [3.63, 3.8) is 0 Å². The van der Waals surface area contributed by atoms with E-state index in [1.54, 1.807) is 19.9 Å². The lowest BCUT2D eigenvalue weighted by atomic mass is 9.84. The quantitative estimate of drug-likeness (QED) is 0.917. The molecule has 1 heterocycles. The first-order valence-corrected chi connectivity index (χ1v) is 6.29. The standard InChI is InChI=1S/C15H18FNO2/c1-9(2)17-8-12(15(3,4)14(18)19)11-7-10(16)5-6-13(11)17/h5-9H,1-4H3,(H,18,19). The van der Waals surface area contributed by atoms with Gasteiger partial charge in [0.1, 0.15) is 5.82 Å². The first kappa shape index (κ1) is 13.6. The summed E-state index contributed by atoms with van der Waals surface area (Å²) in [5.41, 5.74) is 0.454. The van der Waals surface area contributed by atoms with Gasteiger partial charge in [-0.15, -0.1) is 0 Å². The molecule has 0 aliphatic carbocycles. The summed E-state index contributed by atoms with van der Waals surface area (Å²) in [6.45, 7) is 7.31. The predicted octanol–water partition coefficient (Wildman–Crippen LogP) is 3.72. The molecule has 4 heteroatoms. The highest BCUT2D eigenvalue weighted by Crippen LogP contribution is 2.34. The molecule has 19 heavy (non-hydrogen) atoms. The second kappa shape index (κ2) is 4.37. The molecule has 0 aliphatic rings. The van der Waals surface area contributed by atoms with E-state index < -0.39 is 11.4 Å². The number of aromatic nitrogens is 1. The molecular formula is C15H18FNO2. The van der Waals surface area contributed by atoms with Gasteiger partial charge in [-0.3, -0.25) is 4.79 Å². The zero-order valence-electron chi connectivity index (χ0n) is 11.6. The van der Waals surface area contributed by atoms with Gasteiger partial charge in [0, 0.05) is 23.1 Å². The molecule has 0 atom stereocenters. The maximum absolute atomic E-state index is 13.5. The van der Waals surface area contributed by atoms with Crippen molar-refractivity contribution in [2.75, 3.05) is 0 Å². The second-order valence-electron chi connectivity index (χ2n) is 5.64. The molecule has 0 spiro atoms. The molecule has 0 saturated heterocycles. The molecule has 102 valence electrons. The van der Waals surface area contributed by atoms with Crippen LogP contribution in [0.3, 0.4) is 0 Å². The minimum Gasteiger partial charge on any atom is -0.481 e. The third kappa shape index (κ3) is 2.11. The fourth-order valence-corrected chi connectivity index (χ4v) is 2.27. The lowest BCUT2D eigenvalue weighted by Gasteiger charge is -2.18. The summed E-state index contributed by atoms with van der Waals surface area (Å²) in [4.78, 5) is 11.4. The number of halogens is 1. The van der Waals surface area contributed by atoms with Crippen LogP contribution in [0.2, 0.25) is 0 Å². The van der Waals surface area contributed by atoms with Gasteiger partial charge in [-0.05, 0) is 51.5 Å². The molecule has 0 unspecified atom stereocenters. The Morgan fingerprint density at radius 1 is 1.37 bits per heavy atom. The Balaban J connectivity index is 2.81. The Morgan fingerprint density at radius 2 is 2.00 bits per heavy atom. The number of aliphatic carboxylic acids is 1. The first-order valence-electron chi connectivity index (χ1n) is 6.29. The molecular weight excluding hydrogens is 245 g/mol. The molecule has 0 bridgehead atoms. The molecule has 0 radical (unpaired) electrons. The van der Waals surface area contributed by atoms with E-state index in [2.05, 4.69) is 0 Å². The number of carboxylic acid groups (broad SMARTS) is 1. The van der Waals surface area contributed by atoms with Crippen molar-refractivity contribution in [2.45, 2.75) is 39.2 Å². The normalized spacial score (nSPS) is 12.3. The van der Waals surface area contributed by atoms with Gasteiger partial charge in [0.2, 0.25) is 0 Å². The summed E-state index contributed by atoms with van der Waals surface area (Å²) < 4.78 is 15.4. The van der Waals surface area contributed by atoms with Gasteiger partial charge in [-0.2, -0.15) is 0 Å². The Kier molecular flexibility index (Phi) is 3.12. The minimum absolute atomic E-state index is 0.186. The van der Waals surface area contributed by atoms with Gasteiger partial charge in [0.25, 0.3) is 0 Å².